The Bertz CT molecular complexity index is 752. The number of halogens is 3. The fraction of sp³-hybridized carbons (Fsp3) is 0.316. The van der Waals surface area contributed by atoms with Gasteiger partial charge in [-0.05, 0) is 48.2 Å². The Morgan fingerprint density at radius 2 is 1.96 bits per heavy atom. The van der Waals surface area contributed by atoms with Crippen molar-refractivity contribution in [2.24, 2.45) is 5.92 Å². The molecule has 1 unspecified atom stereocenters. The van der Waals surface area contributed by atoms with E-state index < -0.39 is 0 Å². The normalized spacial score (nSPS) is 12.0. The Balaban J connectivity index is 1.91. The number of aliphatic hydroxyl groups excluding tert-OH is 1. The Kier molecular flexibility index (Phi) is 7.59. The summed E-state index contributed by atoms with van der Waals surface area (Å²) in [5, 5.41) is 12.5. The van der Waals surface area contributed by atoms with Gasteiger partial charge < -0.3 is 10.4 Å². The van der Waals surface area contributed by atoms with E-state index in [1.807, 2.05) is 25.1 Å². The highest BCUT2D eigenvalue weighted by molar-refractivity contribution is 9.10. The lowest BCUT2D eigenvalue weighted by molar-refractivity contribution is -0.120. The molecule has 0 aliphatic carbocycles. The minimum atomic E-state index is -0.347. The van der Waals surface area contributed by atoms with Gasteiger partial charge in [-0.25, -0.2) is 4.39 Å². The van der Waals surface area contributed by atoms with E-state index in [0.717, 1.165) is 21.2 Å². The van der Waals surface area contributed by atoms with Gasteiger partial charge in [-0.1, -0.05) is 50.1 Å². The molecule has 0 radical (unpaired) electrons. The van der Waals surface area contributed by atoms with Crippen LogP contribution in [0.4, 0.5) is 4.39 Å². The molecule has 3 nitrogen and oxygen atoms in total. The summed E-state index contributed by atoms with van der Waals surface area (Å²) in [4.78, 5) is 12.1. The van der Waals surface area contributed by atoms with Gasteiger partial charge in [-0.2, -0.15) is 0 Å². The van der Waals surface area contributed by atoms with Gasteiger partial charge in [0.1, 0.15) is 5.82 Å². The van der Waals surface area contributed by atoms with Crippen LogP contribution in [0.2, 0.25) is 0 Å². The lowest BCUT2D eigenvalue weighted by atomic mass is 9.96. The third-order valence-corrected chi connectivity index (χ3v) is 5.70. The zero-order chi connectivity index (χ0) is 18.4. The Hall–Kier alpha value is -1.24. The van der Waals surface area contributed by atoms with Gasteiger partial charge in [0, 0.05) is 28.0 Å². The number of nitrogens with one attached hydrogen (secondary N) is 1. The van der Waals surface area contributed by atoms with Crippen LogP contribution < -0.4 is 5.32 Å². The van der Waals surface area contributed by atoms with E-state index in [1.165, 1.54) is 12.1 Å². The molecule has 0 saturated heterocycles. The number of aliphatic hydroxyl groups is 1. The molecule has 2 N–H and O–H groups in total. The van der Waals surface area contributed by atoms with Gasteiger partial charge in [-0.3, -0.25) is 4.79 Å². The van der Waals surface area contributed by atoms with E-state index in [-0.39, 0.29) is 30.7 Å². The molecule has 0 fully saturated rings. The van der Waals surface area contributed by atoms with Crippen molar-refractivity contribution < 1.29 is 14.3 Å². The van der Waals surface area contributed by atoms with Crippen molar-refractivity contribution in [2.45, 2.75) is 19.8 Å². The van der Waals surface area contributed by atoms with E-state index in [2.05, 4.69) is 37.2 Å². The quantitative estimate of drug-likeness (QED) is 0.635. The molecule has 0 bridgehead atoms. The topological polar surface area (TPSA) is 49.3 Å². The summed E-state index contributed by atoms with van der Waals surface area (Å²) < 4.78 is 14.7. The summed E-state index contributed by atoms with van der Waals surface area (Å²) in [5.41, 5.74) is 3.01. The van der Waals surface area contributed by atoms with Crippen LogP contribution in [-0.2, 0) is 17.6 Å². The second-order valence-corrected chi connectivity index (χ2v) is 7.70. The van der Waals surface area contributed by atoms with E-state index in [1.54, 1.807) is 6.07 Å². The predicted octanol–water partition coefficient (Wildman–Crippen LogP) is 4.17. The number of benzene rings is 2. The summed E-state index contributed by atoms with van der Waals surface area (Å²) in [6.07, 6.45) is 0.844. The summed E-state index contributed by atoms with van der Waals surface area (Å²) in [7, 11) is 0. The lowest BCUT2D eigenvalue weighted by Crippen LogP contribution is -2.33. The third kappa shape index (κ3) is 5.90. The summed E-state index contributed by atoms with van der Waals surface area (Å²) >= 11 is 6.77. The minimum Gasteiger partial charge on any atom is -0.396 e. The van der Waals surface area contributed by atoms with E-state index in [0.29, 0.717) is 17.4 Å². The van der Waals surface area contributed by atoms with Crippen LogP contribution in [0.1, 0.15) is 16.7 Å². The standard InChI is InChI=1S/C19H20Br2FNO2/c1-12-14(3-2-4-17(12)20)7-13(11-24)10-23-19(25)8-15-5-6-16(22)9-18(15)21/h2-6,9,13,24H,7-8,10-11H2,1H3,(H,23,25). The maximum Gasteiger partial charge on any atom is 0.224 e. The van der Waals surface area contributed by atoms with Crippen LogP contribution in [0.15, 0.2) is 45.3 Å². The zero-order valence-corrected chi connectivity index (χ0v) is 17.0. The monoisotopic (exact) mass is 471 g/mol. The summed E-state index contributed by atoms with van der Waals surface area (Å²) in [6.45, 7) is 2.41. The summed E-state index contributed by atoms with van der Waals surface area (Å²) in [5.74, 6) is -0.564. The van der Waals surface area contributed by atoms with Crippen molar-refractivity contribution in [3.8, 4) is 0 Å². The molecule has 1 amide bonds. The molecule has 2 aromatic rings. The van der Waals surface area contributed by atoms with Gasteiger partial charge in [0.05, 0.1) is 6.42 Å². The van der Waals surface area contributed by atoms with E-state index >= 15 is 0 Å². The lowest BCUT2D eigenvalue weighted by Gasteiger charge is -2.17. The molecule has 0 aliphatic heterocycles. The van der Waals surface area contributed by atoms with Crippen LogP contribution in [0.3, 0.4) is 0 Å². The molecule has 0 saturated carbocycles. The van der Waals surface area contributed by atoms with Crippen molar-refractivity contribution in [1.82, 2.24) is 5.32 Å². The maximum atomic E-state index is 13.1. The number of hydrogen-bond acceptors (Lipinski definition) is 2. The molecular formula is C19H20Br2FNO2. The first-order chi connectivity index (χ1) is 11.9. The molecule has 0 heterocycles. The van der Waals surface area contributed by atoms with Crippen LogP contribution in [0.5, 0.6) is 0 Å². The van der Waals surface area contributed by atoms with Crippen LogP contribution >= 0.6 is 31.9 Å². The van der Waals surface area contributed by atoms with Crippen LogP contribution in [0.25, 0.3) is 0 Å². The van der Waals surface area contributed by atoms with Gasteiger partial charge in [0.15, 0.2) is 0 Å². The molecule has 0 aromatic heterocycles. The Labute approximate surface area is 163 Å². The van der Waals surface area contributed by atoms with Gasteiger partial charge >= 0.3 is 0 Å². The molecule has 2 aromatic carbocycles. The fourth-order valence-electron chi connectivity index (χ4n) is 2.54. The highest BCUT2D eigenvalue weighted by Crippen LogP contribution is 2.22. The molecule has 25 heavy (non-hydrogen) atoms. The average molecular weight is 473 g/mol. The average Bonchev–Trinajstić information content (AvgIpc) is 2.58. The van der Waals surface area contributed by atoms with E-state index in [9.17, 15) is 14.3 Å². The van der Waals surface area contributed by atoms with Crippen molar-refractivity contribution >= 4 is 37.8 Å². The van der Waals surface area contributed by atoms with Gasteiger partial charge in [0.25, 0.3) is 0 Å². The third-order valence-electron chi connectivity index (χ3n) is 4.10. The second kappa shape index (κ2) is 9.46. The molecule has 1 atom stereocenters. The van der Waals surface area contributed by atoms with Crippen molar-refractivity contribution in [3.05, 3.63) is 67.9 Å². The van der Waals surface area contributed by atoms with Crippen molar-refractivity contribution in [3.63, 3.8) is 0 Å². The molecule has 0 aliphatic rings. The van der Waals surface area contributed by atoms with Crippen molar-refractivity contribution in [2.75, 3.05) is 13.2 Å². The minimum absolute atomic E-state index is 0.00746. The second-order valence-electron chi connectivity index (χ2n) is 5.99. The SMILES string of the molecule is Cc1c(Br)cccc1CC(CO)CNC(=O)Cc1ccc(F)cc1Br. The molecule has 6 heteroatoms. The highest BCUT2D eigenvalue weighted by atomic mass is 79.9. The Morgan fingerprint density at radius 3 is 2.64 bits per heavy atom. The first kappa shape index (κ1) is 20.1. The number of carbonyl (C=O) groups excluding carboxylic acids is 1. The van der Waals surface area contributed by atoms with Gasteiger partial charge in [-0.15, -0.1) is 0 Å². The van der Waals surface area contributed by atoms with E-state index in [4.69, 9.17) is 0 Å². The molecule has 0 spiro atoms. The van der Waals surface area contributed by atoms with Crippen LogP contribution in [0, 0.1) is 18.7 Å². The maximum absolute atomic E-state index is 13.1. The number of carbonyl (C=O) groups is 1. The molecule has 134 valence electrons. The summed E-state index contributed by atoms with van der Waals surface area (Å²) in [6, 6.07) is 10.2. The molecular weight excluding hydrogens is 453 g/mol. The number of amides is 1. The number of hydrogen-bond donors (Lipinski definition) is 2. The first-order valence-corrected chi connectivity index (χ1v) is 9.54. The van der Waals surface area contributed by atoms with Gasteiger partial charge in [0.2, 0.25) is 5.91 Å². The fourth-order valence-corrected chi connectivity index (χ4v) is 3.44. The molecule has 2 rings (SSSR count). The smallest absolute Gasteiger partial charge is 0.224 e. The Morgan fingerprint density at radius 1 is 1.20 bits per heavy atom. The van der Waals surface area contributed by atoms with Crippen molar-refractivity contribution in [1.29, 1.82) is 0 Å². The largest absolute Gasteiger partial charge is 0.396 e. The number of rotatable bonds is 7. The first-order valence-electron chi connectivity index (χ1n) is 7.96. The predicted molar refractivity (Wildman–Crippen MR) is 104 cm³/mol. The zero-order valence-electron chi connectivity index (χ0n) is 13.9. The highest BCUT2D eigenvalue weighted by Gasteiger charge is 2.14. The van der Waals surface area contributed by atoms with Crippen LogP contribution in [-0.4, -0.2) is 24.2 Å².